The summed E-state index contributed by atoms with van der Waals surface area (Å²) in [7, 11) is -4.67. The standard InChI is InChI=1S/C14H9F6NO3S/c15-13(16,17)12-10(2-1-3-11(12)25(21,22)23)8-4-6-9(7-5-8)24-14(18,19)20/h1-7H,(H2,21,22,23). The van der Waals surface area contributed by atoms with Gasteiger partial charge in [-0.25, -0.2) is 13.6 Å². The molecule has 0 saturated carbocycles. The summed E-state index contributed by atoms with van der Waals surface area (Å²) in [5.74, 6) is -0.632. The Hall–Kier alpha value is -2.27. The number of primary sulfonamides is 1. The topological polar surface area (TPSA) is 69.4 Å². The monoisotopic (exact) mass is 385 g/mol. The zero-order valence-electron chi connectivity index (χ0n) is 12.0. The minimum Gasteiger partial charge on any atom is -0.406 e. The van der Waals surface area contributed by atoms with Gasteiger partial charge in [-0.1, -0.05) is 24.3 Å². The Bertz CT molecular complexity index is 873. The van der Waals surface area contributed by atoms with Gasteiger partial charge in [0.1, 0.15) is 5.75 Å². The van der Waals surface area contributed by atoms with Crippen LogP contribution >= 0.6 is 0 Å². The molecule has 0 aliphatic carbocycles. The largest absolute Gasteiger partial charge is 0.573 e. The van der Waals surface area contributed by atoms with E-state index < -0.39 is 44.3 Å². The maximum atomic E-state index is 13.3. The van der Waals surface area contributed by atoms with Gasteiger partial charge in [-0.2, -0.15) is 13.2 Å². The molecule has 0 aliphatic heterocycles. The molecule has 0 unspecified atom stereocenters. The van der Waals surface area contributed by atoms with Crippen LogP contribution in [-0.2, 0) is 16.2 Å². The predicted octanol–water partition coefficient (Wildman–Crippen LogP) is 3.92. The molecule has 0 atom stereocenters. The van der Waals surface area contributed by atoms with Crippen molar-refractivity contribution in [3.8, 4) is 16.9 Å². The van der Waals surface area contributed by atoms with Gasteiger partial charge in [0, 0.05) is 0 Å². The van der Waals surface area contributed by atoms with E-state index >= 15 is 0 Å². The lowest BCUT2D eigenvalue weighted by Gasteiger charge is -2.17. The van der Waals surface area contributed by atoms with Gasteiger partial charge >= 0.3 is 12.5 Å². The highest BCUT2D eigenvalue weighted by Gasteiger charge is 2.39. The SMILES string of the molecule is NS(=O)(=O)c1cccc(-c2ccc(OC(F)(F)F)cc2)c1C(F)(F)F. The first-order chi connectivity index (χ1) is 11.3. The van der Waals surface area contributed by atoms with Crippen LogP contribution in [0.3, 0.4) is 0 Å². The first-order valence-corrected chi connectivity index (χ1v) is 7.93. The summed E-state index contributed by atoms with van der Waals surface area (Å²) in [6, 6.07) is 6.24. The molecule has 11 heteroatoms. The van der Waals surface area contributed by atoms with Gasteiger partial charge in [0.15, 0.2) is 0 Å². The maximum absolute atomic E-state index is 13.3. The summed E-state index contributed by atoms with van der Waals surface area (Å²) in [4.78, 5) is -1.13. The molecule has 2 aromatic carbocycles. The lowest BCUT2D eigenvalue weighted by atomic mass is 9.99. The second-order valence-electron chi connectivity index (χ2n) is 4.79. The molecular formula is C14H9F6NO3S. The first-order valence-electron chi connectivity index (χ1n) is 6.38. The third kappa shape index (κ3) is 4.63. The van der Waals surface area contributed by atoms with Crippen LogP contribution < -0.4 is 9.88 Å². The normalized spacial score (nSPS) is 12.9. The lowest BCUT2D eigenvalue weighted by molar-refractivity contribution is -0.274. The Morgan fingerprint density at radius 1 is 0.880 bits per heavy atom. The summed E-state index contributed by atoms with van der Waals surface area (Å²) in [5.41, 5.74) is -2.20. The lowest BCUT2D eigenvalue weighted by Crippen LogP contribution is -2.20. The van der Waals surface area contributed by atoms with Gasteiger partial charge in [0.25, 0.3) is 0 Å². The van der Waals surface area contributed by atoms with E-state index in [-0.39, 0.29) is 5.56 Å². The number of nitrogens with two attached hydrogens (primary N) is 1. The highest BCUT2D eigenvalue weighted by Crippen LogP contribution is 2.41. The Labute approximate surface area is 137 Å². The minimum absolute atomic E-state index is 0.160. The van der Waals surface area contributed by atoms with E-state index in [2.05, 4.69) is 4.74 Å². The van der Waals surface area contributed by atoms with Crippen molar-refractivity contribution in [2.45, 2.75) is 17.4 Å². The zero-order valence-corrected chi connectivity index (χ0v) is 12.8. The van der Waals surface area contributed by atoms with E-state index in [1.165, 1.54) is 0 Å². The number of rotatable bonds is 3. The summed E-state index contributed by atoms with van der Waals surface area (Å²) in [6.45, 7) is 0. The molecule has 25 heavy (non-hydrogen) atoms. The molecule has 136 valence electrons. The van der Waals surface area contributed by atoms with Crippen LogP contribution in [-0.4, -0.2) is 14.8 Å². The van der Waals surface area contributed by atoms with Crippen LogP contribution in [0.2, 0.25) is 0 Å². The summed E-state index contributed by atoms with van der Waals surface area (Å²) in [6.07, 6.45) is -10.0. The first kappa shape index (κ1) is 19.1. The fourth-order valence-electron chi connectivity index (χ4n) is 2.14. The van der Waals surface area contributed by atoms with E-state index in [1.807, 2.05) is 0 Å². The molecule has 0 radical (unpaired) electrons. The van der Waals surface area contributed by atoms with Gasteiger partial charge in [-0.3, -0.25) is 0 Å². The van der Waals surface area contributed by atoms with Crippen LogP contribution in [0.25, 0.3) is 11.1 Å². The third-order valence-corrected chi connectivity index (χ3v) is 3.97. The second kappa shape index (κ2) is 6.23. The van der Waals surface area contributed by atoms with E-state index in [0.717, 1.165) is 36.4 Å². The molecule has 0 spiro atoms. The maximum Gasteiger partial charge on any atom is 0.573 e. The number of halogens is 6. The average molecular weight is 385 g/mol. The van der Waals surface area contributed by atoms with Crippen molar-refractivity contribution >= 4 is 10.0 Å². The van der Waals surface area contributed by atoms with Crippen LogP contribution in [0.15, 0.2) is 47.4 Å². The molecule has 0 fully saturated rings. The highest BCUT2D eigenvalue weighted by atomic mass is 32.2. The fourth-order valence-corrected chi connectivity index (χ4v) is 2.92. The van der Waals surface area contributed by atoms with Crippen molar-refractivity contribution in [1.29, 1.82) is 0 Å². The molecule has 0 bridgehead atoms. The molecule has 0 aliphatic rings. The second-order valence-corrected chi connectivity index (χ2v) is 6.32. The molecule has 2 aromatic rings. The van der Waals surface area contributed by atoms with Crippen molar-refractivity contribution < 1.29 is 39.5 Å². The Balaban J connectivity index is 2.60. The van der Waals surface area contributed by atoms with Crippen LogP contribution in [0.4, 0.5) is 26.3 Å². The van der Waals surface area contributed by atoms with Gasteiger partial charge in [-0.15, -0.1) is 13.2 Å². The molecule has 4 nitrogen and oxygen atoms in total. The molecule has 0 aromatic heterocycles. The number of benzene rings is 2. The van der Waals surface area contributed by atoms with E-state index in [4.69, 9.17) is 5.14 Å². The highest BCUT2D eigenvalue weighted by molar-refractivity contribution is 7.89. The van der Waals surface area contributed by atoms with E-state index in [0.29, 0.717) is 6.07 Å². The number of ether oxygens (including phenoxy) is 1. The van der Waals surface area contributed by atoms with Crippen molar-refractivity contribution in [1.82, 2.24) is 0 Å². The summed E-state index contributed by atoms with van der Waals surface area (Å²) < 4.78 is 103. The molecule has 0 amide bonds. The summed E-state index contributed by atoms with van der Waals surface area (Å²) >= 11 is 0. The average Bonchev–Trinajstić information content (AvgIpc) is 2.44. The van der Waals surface area contributed by atoms with Crippen LogP contribution in [0, 0.1) is 0 Å². The number of hydrogen-bond donors (Lipinski definition) is 1. The molecular weight excluding hydrogens is 376 g/mol. The minimum atomic E-state index is -5.06. The van der Waals surface area contributed by atoms with E-state index in [9.17, 15) is 34.8 Å². The summed E-state index contributed by atoms with van der Waals surface area (Å²) in [5, 5.41) is 4.82. The van der Waals surface area contributed by atoms with Crippen LogP contribution in [0.1, 0.15) is 5.56 Å². The van der Waals surface area contributed by atoms with Crippen molar-refractivity contribution in [2.24, 2.45) is 5.14 Å². The van der Waals surface area contributed by atoms with Crippen LogP contribution in [0.5, 0.6) is 5.75 Å². The van der Waals surface area contributed by atoms with Gasteiger partial charge in [-0.05, 0) is 29.3 Å². The van der Waals surface area contributed by atoms with E-state index in [1.54, 1.807) is 0 Å². The fraction of sp³-hybridized carbons (Fsp3) is 0.143. The van der Waals surface area contributed by atoms with Gasteiger partial charge in [0.2, 0.25) is 10.0 Å². The smallest absolute Gasteiger partial charge is 0.406 e. The zero-order chi connectivity index (χ0) is 19.0. The van der Waals surface area contributed by atoms with Crippen molar-refractivity contribution in [3.05, 3.63) is 48.0 Å². The molecule has 0 saturated heterocycles. The molecule has 2 N–H and O–H groups in total. The third-order valence-electron chi connectivity index (χ3n) is 3.02. The van der Waals surface area contributed by atoms with Crippen molar-refractivity contribution in [2.75, 3.05) is 0 Å². The Kier molecular flexibility index (Phi) is 4.75. The Morgan fingerprint density at radius 2 is 1.44 bits per heavy atom. The Morgan fingerprint density at radius 3 is 1.88 bits per heavy atom. The quantitative estimate of drug-likeness (QED) is 0.815. The number of alkyl halides is 6. The molecule has 2 rings (SSSR count). The van der Waals surface area contributed by atoms with Gasteiger partial charge < -0.3 is 4.74 Å². The number of hydrogen-bond acceptors (Lipinski definition) is 3. The van der Waals surface area contributed by atoms with Crippen molar-refractivity contribution in [3.63, 3.8) is 0 Å². The van der Waals surface area contributed by atoms with Gasteiger partial charge in [0.05, 0.1) is 10.5 Å². The predicted molar refractivity (Wildman–Crippen MR) is 74.9 cm³/mol. The number of sulfonamides is 1. The molecule has 0 heterocycles.